The second-order valence-corrected chi connectivity index (χ2v) is 4.68. The summed E-state index contributed by atoms with van der Waals surface area (Å²) >= 11 is 0. The second-order valence-electron chi connectivity index (χ2n) is 4.68. The van der Waals surface area contributed by atoms with Crippen LogP contribution in [0.2, 0.25) is 0 Å². The van der Waals surface area contributed by atoms with Gasteiger partial charge in [-0.3, -0.25) is 4.98 Å². The molecule has 0 radical (unpaired) electrons. The van der Waals surface area contributed by atoms with Crippen molar-refractivity contribution >= 4 is 0 Å². The van der Waals surface area contributed by atoms with Gasteiger partial charge in [-0.2, -0.15) is 0 Å². The fourth-order valence-corrected chi connectivity index (χ4v) is 2.70. The first-order chi connectivity index (χ1) is 7.90. The van der Waals surface area contributed by atoms with Gasteiger partial charge in [0.1, 0.15) is 19.1 Å². The molecule has 3 nitrogen and oxygen atoms in total. The van der Waals surface area contributed by atoms with Crippen molar-refractivity contribution in [3.8, 4) is 0 Å². The van der Waals surface area contributed by atoms with Crippen molar-refractivity contribution in [3.63, 3.8) is 0 Å². The average Bonchev–Trinajstić information content (AvgIpc) is 2.78. The summed E-state index contributed by atoms with van der Waals surface area (Å²) in [6.07, 6.45) is 6.58. The van der Waals surface area contributed by atoms with Crippen molar-refractivity contribution in [2.24, 2.45) is 0 Å². The van der Waals surface area contributed by atoms with Crippen LogP contribution in [0.25, 0.3) is 0 Å². The normalized spacial score (nSPS) is 24.8. The van der Waals surface area contributed by atoms with Crippen LogP contribution in [0.15, 0.2) is 24.5 Å². The zero-order valence-electron chi connectivity index (χ0n) is 10.2. The highest BCUT2D eigenvalue weighted by molar-refractivity contribution is 5.07. The van der Waals surface area contributed by atoms with Crippen LogP contribution < -0.4 is 10.2 Å². The maximum Gasteiger partial charge on any atom is 0.137 e. The number of likely N-dealkylation sites (tertiary alicyclic amines) is 1. The number of nitrogens with one attached hydrogen (secondary N) is 1. The SMILES string of the molecule is CC[NH+]1CCC[C@@H]1C[NH2+]Cc1ccncc1. The molecule has 1 aliphatic rings. The maximum absolute atomic E-state index is 4.04. The summed E-state index contributed by atoms with van der Waals surface area (Å²) in [5, 5.41) is 2.45. The van der Waals surface area contributed by atoms with Crippen molar-refractivity contribution in [2.45, 2.75) is 32.4 Å². The average molecular weight is 221 g/mol. The molecule has 0 spiro atoms. The van der Waals surface area contributed by atoms with E-state index in [2.05, 4.69) is 29.4 Å². The molecule has 0 bridgehead atoms. The van der Waals surface area contributed by atoms with Gasteiger partial charge in [0, 0.05) is 30.8 Å². The van der Waals surface area contributed by atoms with Crippen molar-refractivity contribution < 1.29 is 10.2 Å². The van der Waals surface area contributed by atoms with Crippen LogP contribution in [0.5, 0.6) is 0 Å². The molecule has 0 amide bonds. The van der Waals surface area contributed by atoms with Gasteiger partial charge in [-0.1, -0.05) is 0 Å². The van der Waals surface area contributed by atoms with Crippen LogP contribution in [0.3, 0.4) is 0 Å². The third-order valence-electron chi connectivity index (χ3n) is 3.66. The fraction of sp³-hybridized carbons (Fsp3) is 0.615. The summed E-state index contributed by atoms with van der Waals surface area (Å²) in [5.74, 6) is 0. The fourth-order valence-electron chi connectivity index (χ4n) is 2.70. The van der Waals surface area contributed by atoms with E-state index >= 15 is 0 Å². The Morgan fingerprint density at radius 2 is 2.25 bits per heavy atom. The van der Waals surface area contributed by atoms with Crippen LogP contribution >= 0.6 is 0 Å². The van der Waals surface area contributed by atoms with Crippen molar-refractivity contribution in [1.82, 2.24) is 4.98 Å². The Morgan fingerprint density at radius 3 is 3.00 bits per heavy atom. The second kappa shape index (κ2) is 5.97. The van der Waals surface area contributed by atoms with Crippen molar-refractivity contribution in [3.05, 3.63) is 30.1 Å². The van der Waals surface area contributed by atoms with E-state index in [9.17, 15) is 0 Å². The van der Waals surface area contributed by atoms with Crippen LogP contribution in [0, 0.1) is 0 Å². The predicted molar refractivity (Wildman–Crippen MR) is 64.1 cm³/mol. The number of likely N-dealkylation sites (N-methyl/N-ethyl adjacent to an activating group) is 1. The summed E-state index contributed by atoms with van der Waals surface area (Å²) in [4.78, 5) is 5.84. The van der Waals surface area contributed by atoms with E-state index in [-0.39, 0.29) is 0 Å². The zero-order chi connectivity index (χ0) is 11.2. The first-order valence-corrected chi connectivity index (χ1v) is 6.45. The molecule has 2 atom stereocenters. The minimum Gasteiger partial charge on any atom is -0.338 e. The molecule has 1 aromatic heterocycles. The lowest BCUT2D eigenvalue weighted by Crippen LogP contribution is -3.16. The Balaban J connectivity index is 1.72. The number of nitrogens with two attached hydrogens (primary N) is 1. The molecule has 2 heterocycles. The summed E-state index contributed by atoms with van der Waals surface area (Å²) in [7, 11) is 0. The largest absolute Gasteiger partial charge is 0.338 e. The van der Waals surface area contributed by atoms with E-state index in [0.717, 1.165) is 12.6 Å². The van der Waals surface area contributed by atoms with E-state index in [4.69, 9.17) is 0 Å². The molecular weight excluding hydrogens is 198 g/mol. The molecule has 2 rings (SSSR count). The number of quaternary nitrogens is 2. The lowest BCUT2D eigenvalue weighted by Gasteiger charge is -2.18. The third-order valence-corrected chi connectivity index (χ3v) is 3.66. The number of hydrogen-bond acceptors (Lipinski definition) is 1. The number of nitrogens with zero attached hydrogens (tertiary/aromatic N) is 1. The monoisotopic (exact) mass is 221 g/mol. The number of aromatic nitrogens is 1. The molecule has 0 aliphatic carbocycles. The first-order valence-electron chi connectivity index (χ1n) is 6.45. The van der Waals surface area contributed by atoms with Gasteiger partial charge in [0.2, 0.25) is 0 Å². The summed E-state index contributed by atoms with van der Waals surface area (Å²) in [5.41, 5.74) is 1.38. The topological polar surface area (TPSA) is 33.9 Å². The Morgan fingerprint density at radius 1 is 1.44 bits per heavy atom. The molecule has 1 aliphatic heterocycles. The Kier molecular flexibility index (Phi) is 4.31. The Bertz CT molecular complexity index is 299. The minimum absolute atomic E-state index is 0.881. The molecule has 88 valence electrons. The first kappa shape index (κ1) is 11.6. The van der Waals surface area contributed by atoms with Gasteiger partial charge in [0.05, 0.1) is 13.1 Å². The molecule has 0 aromatic carbocycles. The van der Waals surface area contributed by atoms with Gasteiger partial charge >= 0.3 is 0 Å². The van der Waals surface area contributed by atoms with Crippen LogP contribution in [-0.4, -0.2) is 30.7 Å². The van der Waals surface area contributed by atoms with Gasteiger partial charge in [0.25, 0.3) is 0 Å². The van der Waals surface area contributed by atoms with E-state index in [1.54, 1.807) is 4.90 Å². The molecule has 1 fully saturated rings. The van der Waals surface area contributed by atoms with E-state index in [0.29, 0.717) is 0 Å². The van der Waals surface area contributed by atoms with E-state index in [1.165, 1.54) is 38.0 Å². The molecule has 1 unspecified atom stereocenters. The molecule has 1 saturated heterocycles. The minimum atomic E-state index is 0.881. The Hall–Kier alpha value is -0.930. The zero-order valence-corrected chi connectivity index (χ0v) is 10.2. The van der Waals surface area contributed by atoms with Gasteiger partial charge in [-0.15, -0.1) is 0 Å². The molecule has 16 heavy (non-hydrogen) atoms. The number of rotatable bonds is 5. The van der Waals surface area contributed by atoms with Crippen LogP contribution in [0.4, 0.5) is 0 Å². The van der Waals surface area contributed by atoms with Gasteiger partial charge in [-0.25, -0.2) is 0 Å². The van der Waals surface area contributed by atoms with Crippen molar-refractivity contribution in [1.29, 1.82) is 0 Å². The van der Waals surface area contributed by atoms with Crippen LogP contribution in [0.1, 0.15) is 25.3 Å². The quantitative estimate of drug-likeness (QED) is 0.671. The highest BCUT2D eigenvalue weighted by Crippen LogP contribution is 1.97. The maximum atomic E-state index is 4.04. The Labute approximate surface area is 97.9 Å². The predicted octanol–water partition coefficient (Wildman–Crippen LogP) is -0.788. The molecule has 1 aromatic rings. The standard InChI is InChI=1S/C13H21N3/c1-2-16-9-3-4-13(16)11-15-10-12-5-7-14-8-6-12/h5-8,13,15H,2-4,9-11H2,1H3/p+2/t13-/m1/s1. The van der Waals surface area contributed by atoms with E-state index < -0.39 is 0 Å². The lowest BCUT2D eigenvalue weighted by atomic mass is 10.2. The lowest BCUT2D eigenvalue weighted by molar-refractivity contribution is -0.925. The van der Waals surface area contributed by atoms with Crippen LogP contribution in [-0.2, 0) is 6.54 Å². The van der Waals surface area contributed by atoms with Gasteiger partial charge in [0.15, 0.2) is 0 Å². The van der Waals surface area contributed by atoms with Crippen molar-refractivity contribution in [2.75, 3.05) is 19.6 Å². The van der Waals surface area contributed by atoms with Gasteiger partial charge < -0.3 is 10.2 Å². The van der Waals surface area contributed by atoms with Gasteiger partial charge in [-0.05, 0) is 19.1 Å². The smallest absolute Gasteiger partial charge is 0.137 e. The third kappa shape index (κ3) is 3.03. The molecule has 3 heteroatoms. The highest BCUT2D eigenvalue weighted by Gasteiger charge is 2.27. The number of pyridine rings is 1. The number of hydrogen-bond donors (Lipinski definition) is 2. The molecule has 0 saturated carbocycles. The molecule has 3 N–H and O–H groups in total. The van der Waals surface area contributed by atoms with E-state index in [1.807, 2.05) is 12.4 Å². The molecular formula is C13H23N3+2. The summed E-state index contributed by atoms with van der Waals surface area (Å²) in [6, 6.07) is 5.09. The summed E-state index contributed by atoms with van der Waals surface area (Å²) in [6.45, 7) is 7.33. The summed E-state index contributed by atoms with van der Waals surface area (Å²) < 4.78 is 0. The highest BCUT2D eigenvalue weighted by atomic mass is 15.2.